The predicted molar refractivity (Wildman–Crippen MR) is 52.6 cm³/mol. The molecule has 0 heterocycles. The molecule has 0 saturated heterocycles. The molecule has 0 atom stereocenters. The van der Waals surface area contributed by atoms with Gasteiger partial charge in [0.2, 0.25) is 0 Å². The lowest BCUT2D eigenvalue weighted by atomic mass is 9.83. The molecule has 0 aromatic heterocycles. The van der Waals surface area contributed by atoms with Crippen LogP contribution in [0.2, 0.25) is 0 Å². The normalized spacial score (nSPS) is 21.1. The molecule has 0 aromatic rings. The predicted octanol–water partition coefficient (Wildman–Crippen LogP) is 2.99. The molecule has 0 aliphatic heterocycles. The molecule has 0 spiro atoms. The van der Waals surface area contributed by atoms with Crippen molar-refractivity contribution in [3.8, 4) is 0 Å². The molecule has 1 aliphatic carbocycles. The van der Waals surface area contributed by atoms with E-state index in [0.717, 1.165) is 5.57 Å². The van der Waals surface area contributed by atoms with Crippen molar-refractivity contribution in [2.75, 3.05) is 0 Å². The van der Waals surface area contributed by atoms with E-state index in [9.17, 15) is 4.79 Å². The van der Waals surface area contributed by atoms with Crippen LogP contribution in [0.25, 0.3) is 0 Å². The van der Waals surface area contributed by atoms with Gasteiger partial charge in [0, 0.05) is 5.57 Å². The molecule has 1 aliphatic rings. The number of carboxylic acids is 1. The maximum absolute atomic E-state index is 10.7. The second-order valence-electron chi connectivity index (χ2n) is 3.95. The third-order valence-corrected chi connectivity index (χ3v) is 3.13. The van der Waals surface area contributed by atoms with Crippen molar-refractivity contribution in [3.63, 3.8) is 0 Å². The Kier molecular flexibility index (Phi) is 3.52. The maximum atomic E-state index is 10.7. The van der Waals surface area contributed by atoms with Gasteiger partial charge in [-0.25, -0.2) is 4.79 Å². The fourth-order valence-corrected chi connectivity index (χ4v) is 2.01. The van der Waals surface area contributed by atoms with E-state index in [1.807, 2.05) is 6.92 Å². The molecule has 0 bridgehead atoms. The lowest BCUT2D eigenvalue weighted by molar-refractivity contribution is -0.132. The van der Waals surface area contributed by atoms with E-state index in [2.05, 4.69) is 0 Å². The van der Waals surface area contributed by atoms with Crippen LogP contribution in [0.3, 0.4) is 0 Å². The van der Waals surface area contributed by atoms with Crippen molar-refractivity contribution < 1.29 is 9.90 Å². The lowest BCUT2D eigenvalue weighted by Gasteiger charge is -2.23. The lowest BCUT2D eigenvalue weighted by Crippen LogP contribution is -2.11. The van der Waals surface area contributed by atoms with Gasteiger partial charge in [-0.3, -0.25) is 0 Å². The first-order chi connectivity index (χ1) is 6.13. The van der Waals surface area contributed by atoms with Crippen LogP contribution in [-0.4, -0.2) is 11.1 Å². The summed E-state index contributed by atoms with van der Waals surface area (Å²) in [5.74, 6) is -0.229. The van der Waals surface area contributed by atoms with Gasteiger partial charge in [0.15, 0.2) is 0 Å². The second-order valence-corrected chi connectivity index (χ2v) is 3.95. The van der Waals surface area contributed by atoms with E-state index in [4.69, 9.17) is 5.11 Å². The van der Waals surface area contributed by atoms with Gasteiger partial charge in [0.25, 0.3) is 0 Å². The summed E-state index contributed by atoms with van der Waals surface area (Å²) in [6, 6.07) is 0. The fourth-order valence-electron chi connectivity index (χ4n) is 2.01. The van der Waals surface area contributed by atoms with E-state index in [1.165, 1.54) is 32.1 Å². The number of aliphatic carboxylic acids is 1. The van der Waals surface area contributed by atoms with Crippen LogP contribution in [0.1, 0.15) is 46.0 Å². The van der Waals surface area contributed by atoms with Crippen LogP contribution in [0.5, 0.6) is 0 Å². The molecule has 1 fully saturated rings. The minimum Gasteiger partial charge on any atom is -0.478 e. The van der Waals surface area contributed by atoms with Crippen molar-refractivity contribution in [2.45, 2.75) is 46.0 Å². The largest absolute Gasteiger partial charge is 0.478 e. The van der Waals surface area contributed by atoms with Crippen LogP contribution in [-0.2, 0) is 4.79 Å². The smallest absolute Gasteiger partial charge is 0.331 e. The van der Waals surface area contributed by atoms with Crippen LogP contribution < -0.4 is 0 Å². The van der Waals surface area contributed by atoms with Gasteiger partial charge in [-0.2, -0.15) is 0 Å². The summed E-state index contributed by atoms with van der Waals surface area (Å²) in [6.07, 6.45) is 6.19. The minimum absolute atomic E-state index is 0.532. The topological polar surface area (TPSA) is 37.3 Å². The number of hydrogen-bond acceptors (Lipinski definition) is 1. The third-order valence-electron chi connectivity index (χ3n) is 3.13. The highest BCUT2D eigenvalue weighted by Crippen LogP contribution is 2.30. The molecule has 13 heavy (non-hydrogen) atoms. The zero-order chi connectivity index (χ0) is 9.84. The van der Waals surface area contributed by atoms with Crippen molar-refractivity contribution >= 4 is 5.97 Å². The van der Waals surface area contributed by atoms with E-state index >= 15 is 0 Å². The maximum Gasteiger partial charge on any atom is 0.331 e. The van der Waals surface area contributed by atoms with Crippen molar-refractivity contribution in [1.82, 2.24) is 0 Å². The number of rotatable bonds is 2. The van der Waals surface area contributed by atoms with E-state index in [0.29, 0.717) is 11.5 Å². The Hall–Kier alpha value is -0.790. The highest BCUT2D eigenvalue weighted by Gasteiger charge is 2.18. The first kappa shape index (κ1) is 10.3. The van der Waals surface area contributed by atoms with Gasteiger partial charge in [-0.1, -0.05) is 24.8 Å². The number of carboxylic acid groups (broad SMARTS) is 1. The van der Waals surface area contributed by atoms with Gasteiger partial charge in [-0.05, 0) is 32.6 Å². The molecule has 1 N–H and O–H groups in total. The third kappa shape index (κ3) is 2.58. The zero-order valence-corrected chi connectivity index (χ0v) is 8.47. The van der Waals surface area contributed by atoms with Crippen molar-refractivity contribution in [3.05, 3.63) is 11.1 Å². The van der Waals surface area contributed by atoms with E-state index in [1.54, 1.807) is 6.92 Å². The van der Waals surface area contributed by atoms with Gasteiger partial charge in [0.05, 0.1) is 0 Å². The highest BCUT2D eigenvalue weighted by molar-refractivity contribution is 5.86. The Morgan fingerprint density at radius 2 is 1.69 bits per heavy atom. The molecular weight excluding hydrogens is 164 g/mol. The highest BCUT2D eigenvalue weighted by atomic mass is 16.4. The number of allylic oxidation sites excluding steroid dienone is 1. The van der Waals surface area contributed by atoms with Crippen LogP contribution >= 0.6 is 0 Å². The Balaban J connectivity index is 2.68. The Bertz CT molecular complexity index is 222. The molecule has 0 aromatic carbocycles. The van der Waals surface area contributed by atoms with Crippen molar-refractivity contribution in [1.29, 1.82) is 0 Å². The molecule has 74 valence electrons. The monoisotopic (exact) mass is 182 g/mol. The Morgan fingerprint density at radius 3 is 2.15 bits per heavy atom. The fraction of sp³-hybridized carbons (Fsp3) is 0.727. The van der Waals surface area contributed by atoms with Gasteiger partial charge in [0.1, 0.15) is 0 Å². The van der Waals surface area contributed by atoms with Gasteiger partial charge in [-0.15, -0.1) is 0 Å². The molecule has 0 amide bonds. The van der Waals surface area contributed by atoms with Crippen LogP contribution in [0.4, 0.5) is 0 Å². The first-order valence-corrected chi connectivity index (χ1v) is 5.03. The number of carbonyl (C=O) groups is 1. The summed E-state index contributed by atoms with van der Waals surface area (Å²) in [7, 11) is 0. The average molecular weight is 182 g/mol. The molecule has 0 unspecified atom stereocenters. The number of hydrogen-bond donors (Lipinski definition) is 1. The van der Waals surface area contributed by atoms with Crippen molar-refractivity contribution in [2.24, 2.45) is 5.92 Å². The Labute approximate surface area is 79.6 Å². The summed E-state index contributed by atoms with van der Waals surface area (Å²) in [5, 5.41) is 8.83. The second kappa shape index (κ2) is 4.45. The summed E-state index contributed by atoms with van der Waals surface area (Å²) in [6.45, 7) is 3.69. The average Bonchev–Trinajstić information content (AvgIpc) is 2.17. The summed E-state index contributed by atoms with van der Waals surface area (Å²) in [4.78, 5) is 10.7. The first-order valence-electron chi connectivity index (χ1n) is 5.03. The minimum atomic E-state index is -0.761. The van der Waals surface area contributed by atoms with Gasteiger partial charge < -0.3 is 5.11 Å². The van der Waals surface area contributed by atoms with Crippen LogP contribution in [0.15, 0.2) is 11.1 Å². The molecule has 2 nitrogen and oxygen atoms in total. The zero-order valence-electron chi connectivity index (χ0n) is 8.47. The summed E-state index contributed by atoms with van der Waals surface area (Å²) >= 11 is 0. The molecule has 1 saturated carbocycles. The standard InChI is InChI=1S/C11H18O2/c1-8(9(2)11(12)13)10-6-4-3-5-7-10/h10H,3-7H2,1-2H3,(H,12,13)/b9-8+. The van der Waals surface area contributed by atoms with Gasteiger partial charge >= 0.3 is 5.97 Å². The Morgan fingerprint density at radius 1 is 1.15 bits per heavy atom. The summed E-state index contributed by atoms with van der Waals surface area (Å²) in [5.41, 5.74) is 1.64. The van der Waals surface area contributed by atoms with E-state index in [-0.39, 0.29) is 0 Å². The quantitative estimate of drug-likeness (QED) is 0.666. The SMILES string of the molecule is C/C(C(=O)O)=C(/C)C1CCCCC1. The summed E-state index contributed by atoms with van der Waals surface area (Å²) < 4.78 is 0. The molecule has 1 rings (SSSR count). The molecule has 0 radical (unpaired) electrons. The van der Waals surface area contributed by atoms with Crippen LogP contribution in [0, 0.1) is 5.92 Å². The molecular formula is C11H18O2. The van der Waals surface area contributed by atoms with E-state index < -0.39 is 5.97 Å². The molecule has 2 heteroatoms.